The molecule has 0 saturated heterocycles. The van der Waals surface area contributed by atoms with Crippen LogP contribution < -0.4 is 0 Å². The first kappa shape index (κ1) is 16.1. The standard InChI is InChI=1S/C19H17BrN2S/c1-13-16(12-21-17-10-6-7-11-18(17)23)19(20)14(2)22(13)15-8-4-3-5-9-15/h3-12,23H,1-2H3. The van der Waals surface area contributed by atoms with E-state index in [9.17, 15) is 0 Å². The monoisotopic (exact) mass is 384 g/mol. The van der Waals surface area contributed by atoms with Gasteiger partial charge in [-0.3, -0.25) is 4.99 Å². The first-order valence-electron chi connectivity index (χ1n) is 7.34. The van der Waals surface area contributed by atoms with Crippen LogP contribution in [0.4, 0.5) is 5.69 Å². The van der Waals surface area contributed by atoms with Crippen molar-refractivity contribution < 1.29 is 0 Å². The number of aliphatic imine (C=N–C) groups is 1. The predicted octanol–water partition coefficient (Wildman–Crippen LogP) is 5.90. The molecule has 3 aromatic rings. The lowest BCUT2D eigenvalue weighted by atomic mass is 10.2. The molecule has 0 unspecified atom stereocenters. The minimum atomic E-state index is 0.868. The summed E-state index contributed by atoms with van der Waals surface area (Å²) < 4.78 is 3.30. The van der Waals surface area contributed by atoms with Crippen molar-refractivity contribution >= 4 is 40.5 Å². The van der Waals surface area contributed by atoms with E-state index >= 15 is 0 Å². The van der Waals surface area contributed by atoms with E-state index < -0.39 is 0 Å². The van der Waals surface area contributed by atoms with Crippen LogP contribution in [0.25, 0.3) is 5.69 Å². The van der Waals surface area contributed by atoms with E-state index in [2.05, 4.69) is 64.1 Å². The minimum absolute atomic E-state index is 0.868. The highest BCUT2D eigenvalue weighted by Crippen LogP contribution is 2.30. The fourth-order valence-electron chi connectivity index (χ4n) is 2.65. The molecular weight excluding hydrogens is 368 g/mol. The van der Waals surface area contributed by atoms with Crippen LogP contribution >= 0.6 is 28.6 Å². The highest BCUT2D eigenvalue weighted by atomic mass is 79.9. The zero-order valence-electron chi connectivity index (χ0n) is 13.0. The molecule has 0 aliphatic heterocycles. The average molecular weight is 385 g/mol. The van der Waals surface area contributed by atoms with Gasteiger partial charge in [0.05, 0.1) is 5.69 Å². The fraction of sp³-hybridized carbons (Fsp3) is 0.105. The smallest absolute Gasteiger partial charge is 0.0763 e. The van der Waals surface area contributed by atoms with Gasteiger partial charge in [0, 0.05) is 38.2 Å². The number of benzene rings is 2. The Morgan fingerprint density at radius 1 is 0.957 bits per heavy atom. The number of hydrogen-bond donors (Lipinski definition) is 1. The Kier molecular flexibility index (Phi) is 4.74. The molecule has 0 bridgehead atoms. The predicted molar refractivity (Wildman–Crippen MR) is 104 cm³/mol. The number of nitrogens with zero attached hydrogens (tertiary/aromatic N) is 2. The molecular formula is C19H17BrN2S. The van der Waals surface area contributed by atoms with Crippen LogP contribution in [-0.4, -0.2) is 10.8 Å². The van der Waals surface area contributed by atoms with Crippen molar-refractivity contribution in [3.05, 3.63) is 76.0 Å². The molecule has 4 heteroatoms. The number of para-hydroxylation sites is 2. The third-order valence-corrected chi connectivity index (χ3v) is 5.22. The van der Waals surface area contributed by atoms with E-state index in [4.69, 9.17) is 0 Å². The molecule has 2 aromatic carbocycles. The lowest BCUT2D eigenvalue weighted by Crippen LogP contribution is -1.99. The summed E-state index contributed by atoms with van der Waals surface area (Å²) >= 11 is 8.16. The maximum atomic E-state index is 4.60. The van der Waals surface area contributed by atoms with Crippen molar-refractivity contribution in [1.29, 1.82) is 0 Å². The Hall–Kier alpha value is -1.78. The Morgan fingerprint density at radius 3 is 2.30 bits per heavy atom. The van der Waals surface area contributed by atoms with Crippen LogP contribution in [0.1, 0.15) is 17.0 Å². The van der Waals surface area contributed by atoms with Crippen LogP contribution in [0.15, 0.2) is 69.0 Å². The van der Waals surface area contributed by atoms with Crippen LogP contribution in [0, 0.1) is 13.8 Å². The minimum Gasteiger partial charge on any atom is -0.317 e. The van der Waals surface area contributed by atoms with Gasteiger partial charge in [-0.15, -0.1) is 12.6 Å². The van der Waals surface area contributed by atoms with Gasteiger partial charge in [0.25, 0.3) is 0 Å². The van der Waals surface area contributed by atoms with Crippen molar-refractivity contribution in [3.8, 4) is 5.69 Å². The Labute approximate surface area is 150 Å². The molecule has 1 heterocycles. The molecule has 0 amide bonds. The first-order valence-corrected chi connectivity index (χ1v) is 8.58. The summed E-state index contributed by atoms with van der Waals surface area (Å²) in [5.74, 6) is 0. The summed E-state index contributed by atoms with van der Waals surface area (Å²) in [6, 6.07) is 18.2. The first-order chi connectivity index (χ1) is 11.1. The van der Waals surface area contributed by atoms with Crippen molar-refractivity contribution in [1.82, 2.24) is 4.57 Å². The highest BCUT2D eigenvalue weighted by Gasteiger charge is 2.15. The van der Waals surface area contributed by atoms with E-state index in [1.807, 2.05) is 48.7 Å². The van der Waals surface area contributed by atoms with Gasteiger partial charge in [-0.1, -0.05) is 30.3 Å². The molecule has 0 spiro atoms. The average Bonchev–Trinajstić information content (AvgIpc) is 2.78. The van der Waals surface area contributed by atoms with Gasteiger partial charge in [0.2, 0.25) is 0 Å². The van der Waals surface area contributed by atoms with Gasteiger partial charge < -0.3 is 4.57 Å². The third kappa shape index (κ3) is 3.14. The molecule has 0 atom stereocenters. The van der Waals surface area contributed by atoms with Gasteiger partial charge in [-0.25, -0.2) is 0 Å². The molecule has 23 heavy (non-hydrogen) atoms. The molecule has 0 aliphatic rings. The third-order valence-electron chi connectivity index (χ3n) is 3.84. The summed E-state index contributed by atoms with van der Waals surface area (Å²) in [7, 11) is 0. The second-order valence-electron chi connectivity index (χ2n) is 5.32. The SMILES string of the molecule is Cc1c(Br)c(C=Nc2ccccc2S)c(C)n1-c1ccccc1. The van der Waals surface area contributed by atoms with E-state index in [0.717, 1.165) is 37.7 Å². The van der Waals surface area contributed by atoms with Crippen LogP contribution in [0.5, 0.6) is 0 Å². The van der Waals surface area contributed by atoms with Gasteiger partial charge in [-0.2, -0.15) is 0 Å². The summed E-state index contributed by atoms with van der Waals surface area (Å²) in [6.07, 6.45) is 1.90. The topological polar surface area (TPSA) is 17.3 Å². The molecule has 0 fully saturated rings. The molecule has 0 N–H and O–H groups in total. The summed E-state index contributed by atoms with van der Waals surface area (Å²) in [6.45, 7) is 4.21. The normalized spacial score (nSPS) is 11.3. The Balaban J connectivity index is 2.07. The number of halogens is 1. The molecule has 0 radical (unpaired) electrons. The van der Waals surface area contributed by atoms with Gasteiger partial charge in [-0.05, 0) is 54.0 Å². The van der Waals surface area contributed by atoms with E-state index in [1.54, 1.807) is 0 Å². The number of rotatable bonds is 3. The maximum Gasteiger partial charge on any atom is 0.0763 e. The van der Waals surface area contributed by atoms with Crippen molar-refractivity contribution in [3.63, 3.8) is 0 Å². The summed E-state index contributed by atoms with van der Waals surface area (Å²) in [4.78, 5) is 5.47. The molecule has 0 aliphatic carbocycles. The maximum absolute atomic E-state index is 4.60. The van der Waals surface area contributed by atoms with Crippen LogP contribution in [-0.2, 0) is 0 Å². The van der Waals surface area contributed by atoms with Crippen molar-refractivity contribution in [2.75, 3.05) is 0 Å². The van der Waals surface area contributed by atoms with Gasteiger partial charge in [0.1, 0.15) is 0 Å². The van der Waals surface area contributed by atoms with Crippen LogP contribution in [0.3, 0.4) is 0 Å². The number of hydrogen-bond acceptors (Lipinski definition) is 2. The van der Waals surface area contributed by atoms with Crippen LogP contribution in [0.2, 0.25) is 0 Å². The van der Waals surface area contributed by atoms with E-state index in [1.165, 1.54) is 0 Å². The number of thiol groups is 1. The second-order valence-corrected chi connectivity index (χ2v) is 6.59. The van der Waals surface area contributed by atoms with Gasteiger partial charge in [0.15, 0.2) is 0 Å². The number of aromatic nitrogens is 1. The Morgan fingerprint density at radius 2 is 1.61 bits per heavy atom. The lowest BCUT2D eigenvalue weighted by molar-refractivity contribution is 0.962. The molecule has 3 rings (SSSR count). The molecule has 1 aromatic heterocycles. The zero-order valence-corrected chi connectivity index (χ0v) is 15.5. The van der Waals surface area contributed by atoms with E-state index in [0.29, 0.717) is 0 Å². The fourth-order valence-corrected chi connectivity index (χ4v) is 3.43. The quantitative estimate of drug-likeness (QED) is 0.428. The largest absolute Gasteiger partial charge is 0.317 e. The molecule has 0 saturated carbocycles. The molecule has 2 nitrogen and oxygen atoms in total. The highest BCUT2D eigenvalue weighted by molar-refractivity contribution is 9.10. The van der Waals surface area contributed by atoms with Gasteiger partial charge >= 0.3 is 0 Å². The summed E-state index contributed by atoms with van der Waals surface area (Å²) in [5, 5.41) is 0. The van der Waals surface area contributed by atoms with E-state index in [-0.39, 0.29) is 0 Å². The second kappa shape index (κ2) is 6.77. The Bertz CT molecular complexity index is 867. The lowest BCUT2D eigenvalue weighted by Gasteiger charge is -2.08. The zero-order chi connectivity index (χ0) is 16.4. The van der Waals surface area contributed by atoms with Crippen molar-refractivity contribution in [2.24, 2.45) is 4.99 Å². The summed E-state index contributed by atoms with van der Waals surface area (Å²) in [5.41, 5.74) is 5.42. The molecule has 116 valence electrons. The van der Waals surface area contributed by atoms with Crippen molar-refractivity contribution in [2.45, 2.75) is 18.7 Å².